The molecule has 0 atom stereocenters. The molecule has 0 saturated heterocycles. The third-order valence-corrected chi connectivity index (χ3v) is 5.33. The van der Waals surface area contributed by atoms with E-state index in [0.717, 1.165) is 24.3 Å². The largest absolute Gasteiger partial charge is 0.417 e. The van der Waals surface area contributed by atoms with Crippen LogP contribution >= 0.6 is 11.6 Å². The maximum atomic E-state index is 15.2. The number of amides is 1. The third-order valence-electron chi connectivity index (χ3n) is 5.02. The molecule has 6 nitrogen and oxygen atoms in total. The topological polar surface area (TPSA) is 95.7 Å². The molecule has 12 heteroatoms. The summed E-state index contributed by atoms with van der Waals surface area (Å²) in [6.45, 7) is 0. The van der Waals surface area contributed by atoms with Crippen molar-refractivity contribution in [2.45, 2.75) is 6.18 Å². The molecule has 0 bridgehead atoms. The van der Waals surface area contributed by atoms with Crippen molar-refractivity contribution < 1.29 is 31.5 Å². The Balaban J connectivity index is 1.66. The maximum absolute atomic E-state index is 15.2. The first kappa shape index (κ1) is 24.7. The van der Waals surface area contributed by atoms with E-state index in [2.05, 4.69) is 15.3 Å². The van der Waals surface area contributed by atoms with Gasteiger partial charge in [-0.05, 0) is 48.5 Å². The number of rotatable bonds is 4. The van der Waals surface area contributed by atoms with E-state index >= 15 is 4.39 Å². The van der Waals surface area contributed by atoms with Crippen LogP contribution in [0.4, 0.5) is 27.6 Å². The third kappa shape index (κ3) is 4.71. The number of carbonyl (C=O) groups excluding carboxylic acids is 2. The Morgan fingerprint density at radius 1 is 0.972 bits per heavy atom. The number of anilines is 1. The van der Waals surface area contributed by atoms with E-state index in [9.17, 15) is 27.2 Å². The fourth-order valence-corrected chi connectivity index (χ4v) is 3.58. The number of carbonyl (C=O) groups is 2. The van der Waals surface area contributed by atoms with E-state index in [1.807, 2.05) is 0 Å². The van der Waals surface area contributed by atoms with Gasteiger partial charge in [0.15, 0.2) is 17.3 Å². The van der Waals surface area contributed by atoms with Gasteiger partial charge in [0.05, 0.1) is 39.1 Å². The van der Waals surface area contributed by atoms with Gasteiger partial charge < -0.3 is 5.32 Å². The Hall–Kier alpha value is -4.43. The van der Waals surface area contributed by atoms with Gasteiger partial charge in [0, 0.05) is 11.1 Å². The zero-order valence-electron chi connectivity index (χ0n) is 17.6. The highest BCUT2D eigenvalue weighted by atomic mass is 35.5. The fourth-order valence-electron chi connectivity index (χ4n) is 3.29. The summed E-state index contributed by atoms with van der Waals surface area (Å²) in [5.41, 5.74) is -2.78. The number of hydrogen-bond donors (Lipinski definition) is 1. The molecule has 0 fully saturated rings. The molecule has 0 spiro atoms. The number of ketones is 1. The number of alkyl halides is 3. The van der Waals surface area contributed by atoms with Crippen LogP contribution in [-0.4, -0.2) is 21.7 Å². The number of nitrogens with one attached hydrogen (secondary N) is 1. The van der Waals surface area contributed by atoms with Crippen LogP contribution in [0, 0.1) is 23.0 Å². The average molecular weight is 517 g/mol. The molecular formula is C24H10ClF5N4O2. The van der Waals surface area contributed by atoms with Gasteiger partial charge in [-0.1, -0.05) is 11.6 Å². The lowest BCUT2D eigenvalue weighted by atomic mass is 10.0. The van der Waals surface area contributed by atoms with Crippen molar-refractivity contribution in [3.8, 4) is 6.07 Å². The van der Waals surface area contributed by atoms with Crippen LogP contribution in [0.25, 0.3) is 11.0 Å². The molecule has 0 aliphatic carbocycles. The SMILES string of the molecule is N#Cc1cnc2ccc(C(=O)c3c(F)ccc(NC(=O)c4ccc(C(F)(F)F)c(Cl)c4)c3F)cc2n1. The summed E-state index contributed by atoms with van der Waals surface area (Å²) in [6.07, 6.45) is -3.52. The molecule has 1 N–H and O–H groups in total. The van der Waals surface area contributed by atoms with Gasteiger partial charge in [0.2, 0.25) is 0 Å². The molecule has 0 aliphatic rings. The summed E-state index contributed by atoms with van der Waals surface area (Å²) >= 11 is 5.61. The smallest absolute Gasteiger partial charge is 0.319 e. The lowest BCUT2D eigenvalue weighted by Gasteiger charge is -2.12. The zero-order valence-corrected chi connectivity index (χ0v) is 18.4. The minimum absolute atomic E-state index is 0.0301. The van der Waals surface area contributed by atoms with Gasteiger partial charge in [0.1, 0.15) is 11.9 Å². The number of nitrogens with zero attached hydrogens (tertiary/aromatic N) is 3. The van der Waals surface area contributed by atoms with E-state index < -0.39 is 51.3 Å². The standard InChI is InChI=1S/C24H10ClF5N4O2/c25-15-7-12(1-3-14(15)24(28,29)30)23(36)34-18-6-4-16(26)20(21(18)27)22(35)11-2-5-17-19(8-11)33-13(9-31)10-32-17/h1-8,10H,(H,34,36). The normalized spacial score (nSPS) is 11.2. The van der Waals surface area contributed by atoms with Crippen LogP contribution in [-0.2, 0) is 6.18 Å². The van der Waals surface area contributed by atoms with Crippen molar-refractivity contribution >= 4 is 40.0 Å². The number of fused-ring (bicyclic) bond motifs is 1. The molecule has 3 aromatic carbocycles. The van der Waals surface area contributed by atoms with Gasteiger partial charge in [-0.2, -0.15) is 18.4 Å². The van der Waals surface area contributed by atoms with Crippen molar-refractivity contribution in [1.29, 1.82) is 5.26 Å². The minimum atomic E-state index is -4.74. The first-order valence-corrected chi connectivity index (χ1v) is 10.2. The van der Waals surface area contributed by atoms with E-state index in [4.69, 9.17) is 16.9 Å². The monoisotopic (exact) mass is 516 g/mol. The lowest BCUT2D eigenvalue weighted by Crippen LogP contribution is -2.16. The molecule has 0 radical (unpaired) electrons. The summed E-state index contributed by atoms with van der Waals surface area (Å²) in [5.74, 6) is -4.74. The van der Waals surface area contributed by atoms with Crippen LogP contribution in [0.3, 0.4) is 0 Å². The van der Waals surface area contributed by atoms with Crippen molar-refractivity contribution in [3.05, 3.63) is 99.3 Å². The number of hydrogen-bond acceptors (Lipinski definition) is 5. The Morgan fingerprint density at radius 3 is 2.36 bits per heavy atom. The average Bonchev–Trinajstić information content (AvgIpc) is 2.84. The molecule has 4 aromatic rings. The summed E-state index contributed by atoms with van der Waals surface area (Å²) in [5, 5.41) is 10.3. The summed E-state index contributed by atoms with van der Waals surface area (Å²) in [6, 6.07) is 9.42. The van der Waals surface area contributed by atoms with Crippen LogP contribution in [0.1, 0.15) is 37.5 Å². The van der Waals surface area contributed by atoms with Gasteiger partial charge >= 0.3 is 6.18 Å². The minimum Gasteiger partial charge on any atom is -0.319 e. The predicted molar refractivity (Wildman–Crippen MR) is 118 cm³/mol. The van der Waals surface area contributed by atoms with Crippen molar-refractivity contribution in [2.75, 3.05) is 5.32 Å². The van der Waals surface area contributed by atoms with Gasteiger partial charge in [0.25, 0.3) is 5.91 Å². The Labute approximate surface area is 204 Å². The molecule has 1 aromatic heterocycles. The second-order valence-corrected chi connectivity index (χ2v) is 7.74. The molecule has 0 unspecified atom stereocenters. The van der Waals surface area contributed by atoms with Crippen molar-refractivity contribution in [2.24, 2.45) is 0 Å². The first-order chi connectivity index (χ1) is 17.0. The van der Waals surface area contributed by atoms with E-state index in [-0.39, 0.29) is 22.3 Å². The highest BCUT2D eigenvalue weighted by Crippen LogP contribution is 2.35. The predicted octanol–water partition coefficient (Wildman–Crippen LogP) is 5.94. The summed E-state index contributed by atoms with van der Waals surface area (Å²) in [4.78, 5) is 33.4. The van der Waals surface area contributed by atoms with Crippen LogP contribution in [0.15, 0.2) is 54.7 Å². The summed E-state index contributed by atoms with van der Waals surface area (Å²) in [7, 11) is 0. The molecule has 4 rings (SSSR count). The molecule has 180 valence electrons. The van der Waals surface area contributed by atoms with Gasteiger partial charge in [-0.25, -0.2) is 13.8 Å². The number of nitriles is 1. The molecule has 1 heterocycles. The molecule has 1 amide bonds. The van der Waals surface area contributed by atoms with E-state index in [1.54, 1.807) is 6.07 Å². The quantitative estimate of drug-likeness (QED) is 0.268. The molecule has 0 saturated carbocycles. The van der Waals surface area contributed by atoms with Gasteiger partial charge in [-0.3, -0.25) is 14.6 Å². The van der Waals surface area contributed by atoms with Crippen molar-refractivity contribution in [3.63, 3.8) is 0 Å². The van der Waals surface area contributed by atoms with E-state index in [0.29, 0.717) is 11.6 Å². The van der Waals surface area contributed by atoms with E-state index in [1.165, 1.54) is 24.4 Å². The van der Waals surface area contributed by atoms with Crippen LogP contribution in [0.5, 0.6) is 0 Å². The Morgan fingerprint density at radius 2 is 1.69 bits per heavy atom. The highest BCUT2D eigenvalue weighted by Gasteiger charge is 2.33. The molecule has 36 heavy (non-hydrogen) atoms. The maximum Gasteiger partial charge on any atom is 0.417 e. The molecular weight excluding hydrogens is 507 g/mol. The Bertz CT molecular complexity index is 1600. The van der Waals surface area contributed by atoms with Crippen LogP contribution < -0.4 is 5.32 Å². The first-order valence-electron chi connectivity index (χ1n) is 9.87. The number of halogens is 6. The van der Waals surface area contributed by atoms with Crippen molar-refractivity contribution in [1.82, 2.24) is 9.97 Å². The lowest BCUT2D eigenvalue weighted by molar-refractivity contribution is -0.137. The Kier molecular flexibility index (Phi) is 6.39. The number of benzene rings is 3. The molecule has 0 aliphatic heterocycles. The zero-order chi connectivity index (χ0) is 26.2. The second kappa shape index (κ2) is 9.31. The number of aromatic nitrogens is 2. The van der Waals surface area contributed by atoms with Gasteiger partial charge in [-0.15, -0.1) is 0 Å². The van der Waals surface area contributed by atoms with Crippen LogP contribution in [0.2, 0.25) is 5.02 Å². The highest BCUT2D eigenvalue weighted by molar-refractivity contribution is 6.32. The second-order valence-electron chi connectivity index (χ2n) is 7.33. The fraction of sp³-hybridized carbons (Fsp3) is 0.0417. The summed E-state index contributed by atoms with van der Waals surface area (Å²) < 4.78 is 68.3.